The third-order valence-corrected chi connectivity index (χ3v) is 6.33. The van der Waals surface area contributed by atoms with Gasteiger partial charge in [0.2, 0.25) is 10.0 Å². The predicted molar refractivity (Wildman–Crippen MR) is 90.0 cm³/mol. The van der Waals surface area contributed by atoms with Crippen molar-refractivity contribution in [3.8, 4) is 0 Å². The van der Waals surface area contributed by atoms with Crippen LogP contribution >= 0.6 is 11.6 Å². The molecule has 0 aliphatic carbocycles. The first-order chi connectivity index (χ1) is 11.4. The van der Waals surface area contributed by atoms with Crippen LogP contribution in [0.2, 0.25) is 5.02 Å². The first-order valence-electron chi connectivity index (χ1n) is 7.52. The first kappa shape index (κ1) is 17.4. The van der Waals surface area contributed by atoms with Crippen LogP contribution in [0.25, 0.3) is 0 Å². The second-order valence-corrected chi connectivity index (χ2v) is 8.00. The Hall–Kier alpha value is -1.47. The van der Waals surface area contributed by atoms with E-state index < -0.39 is 21.9 Å². The molecule has 3 rings (SSSR count). The quantitative estimate of drug-likeness (QED) is 0.831. The summed E-state index contributed by atoms with van der Waals surface area (Å²) < 4.78 is 46.5. The van der Waals surface area contributed by atoms with Crippen molar-refractivity contribution in [3.63, 3.8) is 0 Å². The van der Waals surface area contributed by atoms with Crippen molar-refractivity contribution in [2.24, 2.45) is 0 Å². The van der Waals surface area contributed by atoms with Gasteiger partial charge in [0.15, 0.2) is 0 Å². The predicted octanol–water partition coefficient (Wildman–Crippen LogP) is 3.55. The molecule has 1 fully saturated rings. The minimum atomic E-state index is -3.71. The Balaban J connectivity index is 1.88. The fourth-order valence-electron chi connectivity index (χ4n) is 2.65. The molecule has 0 aromatic heterocycles. The maximum absolute atomic E-state index is 14.0. The lowest BCUT2D eigenvalue weighted by Gasteiger charge is -2.32. The molecule has 24 heavy (non-hydrogen) atoms. The topological polar surface area (TPSA) is 46.6 Å². The smallest absolute Gasteiger partial charge is 0.243 e. The number of morpholine rings is 1. The standard InChI is InChI=1S/C17H17ClFNO3S/c1-12-6-7-13(10-15(12)18)24(21,22)20-8-9-23-17(11-20)14-4-2-3-5-16(14)19/h2-7,10,17H,8-9,11H2,1H3. The summed E-state index contributed by atoms with van der Waals surface area (Å²) in [5, 5.41) is 0.398. The van der Waals surface area contributed by atoms with E-state index in [0.29, 0.717) is 10.6 Å². The molecule has 0 spiro atoms. The normalized spacial score (nSPS) is 19.4. The van der Waals surface area contributed by atoms with Crippen LogP contribution in [-0.2, 0) is 14.8 Å². The maximum atomic E-state index is 14.0. The van der Waals surface area contributed by atoms with Crippen molar-refractivity contribution < 1.29 is 17.5 Å². The number of sulfonamides is 1. The number of aryl methyl sites for hydroxylation is 1. The molecule has 0 radical (unpaired) electrons. The summed E-state index contributed by atoms with van der Waals surface area (Å²) >= 11 is 6.05. The second kappa shape index (κ2) is 6.80. The van der Waals surface area contributed by atoms with Gasteiger partial charge in [0.25, 0.3) is 0 Å². The Kier molecular flexibility index (Phi) is 4.92. The summed E-state index contributed by atoms with van der Waals surface area (Å²) in [4.78, 5) is 0.132. The van der Waals surface area contributed by atoms with Crippen molar-refractivity contribution in [1.29, 1.82) is 0 Å². The summed E-state index contributed by atoms with van der Waals surface area (Å²) in [6.45, 7) is 2.30. The average molecular weight is 370 g/mol. The highest BCUT2D eigenvalue weighted by Gasteiger charge is 2.32. The molecule has 7 heteroatoms. The summed E-state index contributed by atoms with van der Waals surface area (Å²) in [6.07, 6.45) is -0.629. The molecule has 1 unspecified atom stereocenters. The van der Waals surface area contributed by atoms with Crippen LogP contribution in [0.4, 0.5) is 4.39 Å². The van der Waals surface area contributed by atoms with E-state index in [-0.39, 0.29) is 24.6 Å². The number of hydrogen-bond donors (Lipinski definition) is 0. The zero-order valence-electron chi connectivity index (χ0n) is 13.1. The molecule has 1 heterocycles. The van der Waals surface area contributed by atoms with Gasteiger partial charge in [0, 0.05) is 23.7 Å². The number of rotatable bonds is 3. The van der Waals surface area contributed by atoms with E-state index >= 15 is 0 Å². The average Bonchev–Trinajstić information content (AvgIpc) is 2.58. The number of hydrogen-bond acceptors (Lipinski definition) is 3. The van der Waals surface area contributed by atoms with Gasteiger partial charge in [-0.1, -0.05) is 35.9 Å². The van der Waals surface area contributed by atoms with Crippen LogP contribution in [0.15, 0.2) is 47.4 Å². The molecular formula is C17H17ClFNO3S. The Morgan fingerprint density at radius 1 is 1.25 bits per heavy atom. The van der Waals surface area contributed by atoms with Crippen LogP contribution in [-0.4, -0.2) is 32.4 Å². The molecular weight excluding hydrogens is 353 g/mol. The van der Waals surface area contributed by atoms with Gasteiger partial charge < -0.3 is 4.74 Å². The van der Waals surface area contributed by atoms with Gasteiger partial charge in [-0.3, -0.25) is 0 Å². The lowest BCUT2D eigenvalue weighted by atomic mass is 10.1. The minimum absolute atomic E-state index is 0.0642. The van der Waals surface area contributed by atoms with E-state index in [4.69, 9.17) is 16.3 Å². The molecule has 1 atom stereocenters. The Morgan fingerprint density at radius 2 is 2.00 bits per heavy atom. The van der Waals surface area contributed by atoms with Gasteiger partial charge in [0.1, 0.15) is 5.82 Å². The molecule has 4 nitrogen and oxygen atoms in total. The van der Waals surface area contributed by atoms with E-state index in [0.717, 1.165) is 5.56 Å². The summed E-state index contributed by atoms with van der Waals surface area (Å²) in [5.41, 5.74) is 1.17. The SMILES string of the molecule is Cc1ccc(S(=O)(=O)N2CCOC(c3ccccc3F)C2)cc1Cl. The molecule has 0 saturated carbocycles. The van der Waals surface area contributed by atoms with Crippen molar-refractivity contribution in [2.45, 2.75) is 17.9 Å². The number of halogens is 2. The summed E-state index contributed by atoms with van der Waals surface area (Å²) in [5.74, 6) is -0.403. The van der Waals surface area contributed by atoms with E-state index in [1.54, 1.807) is 24.3 Å². The van der Waals surface area contributed by atoms with Crippen LogP contribution < -0.4 is 0 Å². The highest BCUT2D eigenvalue weighted by atomic mass is 35.5. The van der Waals surface area contributed by atoms with Gasteiger partial charge in [-0.05, 0) is 30.7 Å². The maximum Gasteiger partial charge on any atom is 0.243 e. The van der Waals surface area contributed by atoms with E-state index in [1.165, 1.54) is 22.5 Å². The lowest BCUT2D eigenvalue weighted by Crippen LogP contribution is -2.42. The largest absolute Gasteiger partial charge is 0.371 e. The number of nitrogens with zero attached hydrogens (tertiary/aromatic N) is 1. The molecule has 2 aromatic rings. The van der Waals surface area contributed by atoms with Gasteiger partial charge in [-0.15, -0.1) is 0 Å². The fourth-order valence-corrected chi connectivity index (χ4v) is 4.35. The Morgan fingerprint density at radius 3 is 2.71 bits per heavy atom. The van der Waals surface area contributed by atoms with E-state index in [2.05, 4.69) is 0 Å². The molecule has 1 saturated heterocycles. The van der Waals surface area contributed by atoms with Gasteiger partial charge in [0.05, 0.1) is 17.6 Å². The minimum Gasteiger partial charge on any atom is -0.371 e. The van der Waals surface area contributed by atoms with Crippen LogP contribution in [0.1, 0.15) is 17.2 Å². The Labute approximate surface area is 145 Å². The van der Waals surface area contributed by atoms with Gasteiger partial charge in [-0.25, -0.2) is 12.8 Å². The highest BCUT2D eigenvalue weighted by molar-refractivity contribution is 7.89. The van der Waals surface area contributed by atoms with Crippen molar-refractivity contribution in [1.82, 2.24) is 4.31 Å². The monoisotopic (exact) mass is 369 g/mol. The zero-order chi connectivity index (χ0) is 17.3. The third kappa shape index (κ3) is 3.32. The molecule has 1 aliphatic heterocycles. The van der Waals surface area contributed by atoms with Gasteiger partial charge >= 0.3 is 0 Å². The second-order valence-electron chi connectivity index (χ2n) is 5.65. The number of ether oxygens (including phenoxy) is 1. The van der Waals surface area contributed by atoms with E-state index in [9.17, 15) is 12.8 Å². The fraction of sp³-hybridized carbons (Fsp3) is 0.294. The highest BCUT2D eigenvalue weighted by Crippen LogP contribution is 2.29. The Bertz CT molecular complexity index is 857. The molecule has 0 N–H and O–H groups in total. The van der Waals surface area contributed by atoms with E-state index in [1.807, 2.05) is 6.92 Å². The first-order valence-corrected chi connectivity index (χ1v) is 9.34. The lowest BCUT2D eigenvalue weighted by molar-refractivity contribution is -0.00442. The third-order valence-electron chi connectivity index (χ3n) is 4.06. The summed E-state index contributed by atoms with van der Waals surface area (Å²) in [6, 6.07) is 10.9. The zero-order valence-corrected chi connectivity index (χ0v) is 14.6. The van der Waals surface area contributed by atoms with Crippen molar-refractivity contribution in [3.05, 3.63) is 64.4 Å². The van der Waals surface area contributed by atoms with Crippen LogP contribution in [0.3, 0.4) is 0 Å². The molecule has 1 aliphatic rings. The molecule has 128 valence electrons. The number of benzene rings is 2. The van der Waals surface area contributed by atoms with Crippen molar-refractivity contribution >= 4 is 21.6 Å². The molecule has 0 amide bonds. The van der Waals surface area contributed by atoms with Gasteiger partial charge in [-0.2, -0.15) is 4.31 Å². The van der Waals surface area contributed by atoms with Crippen molar-refractivity contribution in [2.75, 3.05) is 19.7 Å². The van der Waals surface area contributed by atoms with Crippen LogP contribution in [0.5, 0.6) is 0 Å². The van der Waals surface area contributed by atoms with Crippen LogP contribution in [0, 0.1) is 12.7 Å². The molecule has 0 bridgehead atoms. The molecule has 2 aromatic carbocycles. The summed E-state index contributed by atoms with van der Waals surface area (Å²) in [7, 11) is -3.71.